The van der Waals surface area contributed by atoms with Gasteiger partial charge < -0.3 is 30.1 Å². The maximum absolute atomic E-state index is 12.7. The van der Waals surface area contributed by atoms with Gasteiger partial charge in [-0.3, -0.25) is 4.90 Å². The van der Waals surface area contributed by atoms with Crippen LogP contribution in [0.1, 0.15) is 227 Å². The molecule has 1 rings (SSSR count). The van der Waals surface area contributed by atoms with Gasteiger partial charge in [-0.25, -0.2) is 9.59 Å². The minimum atomic E-state index is -0.269. The molecule has 0 aliphatic heterocycles. The van der Waals surface area contributed by atoms with E-state index in [-0.39, 0.29) is 18.8 Å². The molecule has 0 heterocycles. The van der Waals surface area contributed by atoms with Crippen molar-refractivity contribution in [3.63, 3.8) is 0 Å². The fourth-order valence-corrected chi connectivity index (χ4v) is 8.52. The Morgan fingerprint density at radius 3 is 1.27 bits per heavy atom. The van der Waals surface area contributed by atoms with E-state index >= 15 is 0 Å². The first-order chi connectivity index (χ1) is 29.0. The first kappa shape index (κ1) is 55.4. The summed E-state index contributed by atoms with van der Waals surface area (Å²) in [6.07, 6.45) is 37.4. The molecule has 2 atom stereocenters. The number of rotatable bonds is 44. The number of hydrogen-bond donors (Lipinski definition) is 3. The number of alkyl carbamates (subject to hydrolysis) is 2. The Hall–Kier alpha value is -1.58. The number of ether oxygens (including phenoxy) is 2. The summed E-state index contributed by atoms with van der Waals surface area (Å²) in [6, 6.07) is 0.609. The van der Waals surface area contributed by atoms with E-state index in [1.807, 2.05) is 0 Å². The first-order valence-corrected chi connectivity index (χ1v) is 25.9. The molecule has 0 aromatic rings. The van der Waals surface area contributed by atoms with E-state index in [4.69, 9.17) is 9.47 Å². The molecule has 0 saturated heterocycles. The van der Waals surface area contributed by atoms with Crippen LogP contribution in [0.2, 0.25) is 0 Å². The molecule has 1 saturated carbocycles. The Labute approximate surface area is 366 Å². The molecular formula is C50H100N4O5. The van der Waals surface area contributed by atoms with Crippen LogP contribution in [0.3, 0.4) is 0 Å². The highest BCUT2D eigenvalue weighted by Crippen LogP contribution is 2.25. The van der Waals surface area contributed by atoms with Crippen molar-refractivity contribution in [3.8, 4) is 0 Å². The SMILES string of the molecule is CCCCCCCCC(CCCCCC)COC(=O)NCCCCN(CCCCNC(=O)OCC(CCCCCC)CCCCCCCC)CCN(CCO)C1CCC1. The van der Waals surface area contributed by atoms with Crippen LogP contribution >= 0.6 is 0 Å². The number of aliphatic hydroxyl groups is 1. The van der Waals surface area contributed by atoms with Gasteiger partial charge in [0.2, 0.25) is 0 Å². The summed E-state index contributed by atoms with van der Waals surface area (Å²) in [5.41, 5.74) is 0. The molecule has 0 radical (unpaired) electrons. The number of nitrogens with one attached hydrogen (secondary N) is 2. The summed E-state index contributed by atoms with van der Waals surface area (Å²) in [5.74, 6) is 0.946. The van der Waals surface area contributed by atoms with Crippen LogP contribution in [0, 0.1) is 11.8 Å². The molecule has 0 spiro atoms. The van der Waals surface area contributed by atoms with E-state index in [9.17, 15) is 14.7 Å². The third kappa shape index (κ3) is 33.7. The number of carbonyl (C=O) groups is 2. The van der Waals surface area contributed by atoms with Gasteiger partial charge in [-0.05, 0) is 89.1 Å². The van der Waals surface area contributed by atoms with Crippen LogP contribution in [-0.4, -0.2) is 98.8 Å². The smallest absolute Gasteiger partial charge is 0.407 e. The zero-order valence-electron chi connectivity index (χ0n) is 39.7. The lowest BCUT2D eigenvalue weighted by Gasteiger charge is -2.38. The summed E-state index contributed by atoms with van der Waals surface area (Å²) in [4.78, 5) is 30.3. The second-order valence-corrected chi connectivity index (χ2v) is 18.2. The minimum Gasteiger partial charge on any atom is -0.449 e. The molecule has 0 aromatic heterocycles. The average molecular weight is 837 g/mol. The summed E-state index contributed by atoms with van der Waals surface area (Å²) in [7, 11) is 0. The lowest BCUT2D eigenvalue weighted by Crippen LogP contribution is -2.46. The highest BCUT2D eigenvalue weighted by atomic mass is 16.6. The molecular weight excluding hydrogens is 737 g/mol. The van der Waals surface area contributed by atoms with Crippen molar-refractivity contribution in [2.45, 2.75) is 233 Å². The maximum Gasteiger partial charge on any atom is 0.407 e. The van der Waals surface area contributed by atoms with Crippen molar-refractivity contribution in [3.05, 3.63) is 0 Å². The average Bonchev–Trinajstić information content (AvgIpc) is 3.21. The molecule has 9 heteroatoms. The van der Waals surface area contributed by atoms with Crippen molar-refractivity contribution in [2.24, 2.45) is 11.8 Å². The Kier molecular flexibility index (Phi) is 39.2. The monoisotopic (exact) mass is 837 g/mol. The van der Waals surface area contributed by atoms with Gasteiger partial charge in [0.15, 0.2) is 0 Å². The third-order valence-electron chi connectivity index (χ3n) is 12.8. The van der Waals surface area contributed by atoms with E-state index in [1.165, 1.54) is 148 Å². The van der Waals surface area contributed by atoms with E-state index in [0.717, 1.165) is 84.1 Å². The Bertz CT molecular complexity index is 864. The van der Waals surface area contributed by atoms with Crippen molar-refractivity contribution in [2.75, 3.05) is 65.6 Å². The van der Waals surface area contributed by atoms with Crippen LogP contribution in [0.5, 0.6) is 0 Å². The molecule has 1 fully saturated rings. The van der Waals surface area contributed by atoms with E-state index in [0.29, 0.717) is 44.2 Å². The van der Waals surface area contributed by atoms with Crippen molar-refractivity contribution in [1.82, 2.24) is 20.4 Å². The Morgan fingerprint density at radius 2 is 0.898 bits per heavy atom. The Morgan fingerprint density at radius 1 is 0.508 bits per heavy atom. The van der Waals surface area contributed by atoms with Gasteiger partial charge in [-0.1, -0.05) is 163 Å². The zero-order chi connectivity index (χ0) is 42.9. The molecule has 59 heavy (non-hydrogen) atoms. The van der Waals surface area contributed by atoms with Gasteiger partial charge in [-0.15, -0.1) is 0 Å². The van der Waals surface area contributed by atoms with E-state index < -0.39 is 0 Å². The van der Waals surface area contributed by atoms with E-state index in [1.54, 1.807) is 0 Å². The van der Waals surface area contributed by atoms with Crippen molar-refractivity contribution >= 4 is 12.2 Å². The van der Waals surface area contributed by atoms with Gasteiger partial charge in [0.1, 0.15) is 0 Å². The molecule has 0 bridgehead atoms. The predicted octanol–water partition coefficient (Wildman–Crippen LogP) is 12.8. The first-order valence-electron chi connectivity index (χ1n) is 25.9. The number of nitrogens with zero attached hydrogens (tertiary/aromatic N) is 2. The summed E-state index contributed by atoms with van der Waals surface area (Å²) >= 11 is 0. The fourth-order valence-electron chi connectivity index (χ4n) is 8.52. The number of hydrogen-bond acceptors (Lipinski definition) is 7. The van der Waals surface area contributed by atoms with E-state index in [2.05, 4.69) is 48.1 Å². The van der Waals surface area contributed by atoms with Crippen molar-refractivity contribution < 1.29 is 24.2 Å². The van der Waals surface area contributed by atoms with Crippen LogP contribution in [-0.2, 0) is 9.47 Å². The number of carbonyl (C=O) groups excluding carboxylic acids is 2. The van der Waals surface area contributed by atoms with Gasteiger partial charge in [0, 0.05) is 38.8 Å². The molecule has 0 aromatic carbocycles. The molecule has 1 aliphatic rings. The molecule has 350 valence electrons. The summed E-state index contributed by atoms with van der Waals surface area (Å²) in [5, 5.41) is 15.8. The van der Waals surface area contributed by atoms with Gasteiger partial charge in [0.05, 0.1) is 19.8 Å². The van der Waals surface area contributed by atoms with Crippen LogP contribution in [0.4, 0.5) is 9.59 Å². The highest BCUT2D eigenvalue weighted by Gasteiger charge is 2.24. The third-order valence-corrected chi connectivity index (χ3v) is 12.8. The standard InChI is InChI=1S/C50H100N4O5/c1-5-9-13-17-19-23-32-46(30-21-15-11-7-3)44-58-49(56)51-36-25-27-38-53(40-41-54(42-43-55)48-34-29-35-48)39-28-26-37-52-50(57)59-45-47(31-22-16-12-8-4)33-24-20-18-14-10-6-2/h46-48,55H,5-45H2,1-4H3,(H,51,56)(H,52,57). The molecule has 1 aliphatic carbocycles. The van der Waals surface area contributed by atoms with Crippen molar-refractivity contribution in [1.29, 1.82) is 0 Å². The molecule has 9 nitrogen and oxygen atoms in total. The fraction of sp³-hybridized carbons (Fsp3) is 0.960. The molecule has 2 amide bonds. The lowest BCUT2D eigenvalue weighted by molar-refractivity contribution is 0.0872. The van der Waals surface area contributed by atoms with Crippen LogP contribution < -0.4 is 10.6 Å². The number of amides is 2. The summed E-state index contributed by atoms with van der Waals surface area (Å²) in [6.45, 7) is 16.2. The van der Waals surface area contributed by atoms with Crippen LogP contribution in [0.15, 0.2) is 0 Å². The predicted molar refractivity (Wildman–Crippen MR) is 250 cm³/mol. The largest absolute Gasteiger partial charge is 0.449 e. The van der Waals surface area contributed by atoms with Gasteiger partial charge in [-0.2, -0.15) is 0 Å². The van der Waals surface area contributed by atoms with Gasteiger partial charge >= 0.3 is 12.2 Å². The number of aliphatic hydroxyl groups excluding tert-OH is 1. The quantitative estimate of drug-likeness (QED) is 0.0525. The second kappa shape index (κ2) is 41.8. The molecule has 2 unspecified atom stereocenters. The second-order valence-electron chi connectivity index (χ2n) is 18.2. The normalized spacial score (nSPS) is 14.1. The number of unbranched alkanes of at least 4 members (excludes halogenated alkanes) is 18. The molecule has 3 N–H and O–H groups in total. The summed E-state index contributed by atoms with van der Waals surface area (Å²) < 4.78 is 11.5. The maximum atomic E-state index is 12.7. The van der Waals surface area contributed by atoms with Crippen LogP contribution in [0.25, 0.3) is 0 Å². The van der Waals surface area contributed by atoms with Gasteiger partial charge in [0.25, 0.3) is 0 Å². The Balaban J connectivity index is 2.47. The topological polar surface area (TPSA) is 103 Å². The lowest BCUT2D eigenvalue weighted by atomic mass is 9.91. The zero-order valence-corrected chi connectivity index (χ0v) is 39.7. The minimum absolute atomic E-state index is 0.206. The highest BCUT2D eigenvalue weighted by molar-refractivity contribution is 5.67.